The molecule has 0 saturated carbocycles. The van der Waals surface area contributed by atoms with Gasteiger partial charge in [-0.3, -0.25) is 0 Å². The third-order valence-corrected chi connectivity index (χ3v) is 2.95. The summed E-state index contributed by atoms with van der Waals surface area (Å²) < 4.78 is 5.64. The van der Waals surface area contributed by atoms with Crippen molar-refractivity contribution >= 4 is 0 Å². The van der Waals surface area contributed by atoms with E-state index in [-0.39, 0.29) is 0 Å². The zero-order valence-electron chi connectivity index (χ0n) is 10.2. The van der Waals surface area contributed by atoms with Crippen LogP contribution >= 0.6 is 0 Å². The molecule has 2 atom stereocenters. The second-order valence-electron chi connectivity index (χ2n) is 4.48. The van der Waals surface area contributed by atoms with Gasteiger partial charge in [0.15, 0.2) is 0 Å². The van der Waals surface area contributed by atoms with Gasteiger partial charge in [0.1, 0.15) is 0 Å². The lowest BCUT2D eigenvalue weighted by Crippen LogP contribution is -2.40. The summed E-state index contributed by atoms with van der Waals surface area (Å²) in [7, 11) is 0. The first kappa shape index (κ1) is 12.9. The lowest BCUT2D eigenvalue weighted by atomic mass is 10.1. The molecular formula is C12H26N2O. The monoisotopic (exact) mass is 214 g/mol. The van der Waals surface area contributed by atoms with E-state index in [0.717, 1.165) is 32.7 Å². The third-order valence-electron chi connectivity index (χ3n) is 2.95. The molecule has 0 aromatic heterocycles. The van der Waals surface area contributed by atoms with Crippen molar-refractivity contribution in [2.45, 2.75) is 51.7 Å². The van der Waals surface area contributed by atoms with Crippen molar-refractivity contribution in [1.82, 2.24) is 10.6 Å². The summed E-state index contributed by atoms with van der Waals surface area (Å²) in [6, 6.07) is 0.654. The van der Waals surface area contributed by atoms with Gasteiger partial charge in [-0.2, -0.15) is 0 Å². The smallest absolute Gasteiger partial charge is 0.0712 e. The van der Waals surface area contributed by atoms with Crippen LogP contribution in [0.1, 0.15) is 39.5 Å². The molecule has 1 saturated heterocycles. The van der Waals surface area contributed by atoms with Crippen molar-refractivity contribution in [2.24, 2.45) is 0 Å². The van der Waals surface area contributed by atoms with Gasteiger partial charge in [0.25, 0.3) is 0 Å². The predicted octanol–water partition coefficient (Wildman–Crippen LogP) is 1.53. The minimum atomic E-state index is 0.421. The molecule has 0 amide bonds. The van der Waals surface area contributed by atoms with Gasteiger partial charge in [0.05, 0.1) is 12.7 Å². The molecule has 3 nitrogen and oxygen atoms in total. The van der Waals surface area contributed by atoms with E-state index < -0.39 is 0 Å². The van der Waals surface area contributed by atoms with Gasteiger partial charge in [-0.1, -0.05) is 19.8 Å². The normalized spacial score (nSPS) is 24.0. The second-order valence-corrected chi connectivity index (χ2v) is 4.48. The van der Waals surface area contributed by atoms with E-state index in [4.69, 9.17) is 4.74 Å². The Labute approximate surface area is 94.0 Å². The topological polar surface area (TPSA) is 33.3 Å². The molecule has 0 radical (unpaired) electrons. The van der Waals surface area contributed by atoms with E-state index in [9.17, 15) is 0 Å². The van der Waals surface area contributed by atoms with E-state index in [1.54, 1.807) is 0 Å². The van der Waals surface area contributed by atoms with Crippen LogP contribution in [0.25, 0.3) is 0 Å². The molecule has 2 unspecified atom stereocenters. The first-order chi connectivity index (χ1) is 7.33. The Morgan fingerprint density at radius 3 is 3.07 bits per heavy atom. The summed E-state index contributed by atoms with van der Waals surface area (Å²) in [5.41, 5.74) is 0. The van der Waals surface area contributed by atoms with Crippen LogP contribution in [0.2, 0.25) is 0 Å². The number of ether oxygens (including phenoxy) is 1. The molecular weight excluding hydrogens is 188 g/mol. The molecule has 1 heterocycles. The molecule has 1 aliphatic heterocycles. The first-order valence-electron chi connectivity index (χ1n) is 6.38. The fourth-order valence-electron chi connectivity index (χ4n) is 1.91. The average Bonchev–Trinajstić information content (AvgIpc) is 2.28. The van der Waals surface area contributed by atoms with Crippen LogP contribution in [0.15, 0.2) is 0 Å². The Morgan fingerprint density at radius 1 is 1.53 bits per heavy atom. The number of rotatable bonds is 7. The summed E-state index contributed by atoms with van der Waals surface area (Å²) in [6.45, 7) is 8.50. The van der Waals surface area contributed by atoms with E-state index >= 15 is 0 Å². The maximum absolute atomic E-state index is 5.64. The fourth-order valence-corrected chi connectivity index (χ4v) is 1.91. The Bertz CT molecular complexity index is 147. The standard InChI is InChI=1S/C12H26N2O/c1-3-4-5-11(2)14-7-6-12-10-13-8-9-15-12/h11-14H,3-10H2,1-2H3. The van der Waals surface area contributed by atoms with Crippen molar-refractivity contribution in [3.63, 3.8) is 0 Å². The summed E-state index contributed by atoms with van der Waals surface area (Å²) in [4.78, 5) is 0. The number of hydrogen-bond donors (Lipinski definition) is 2. The first-order valence-corrected chi connectivity index (χ1v) is 6.38. The summed E-state index contributed by atoms with van der Waals surface area (Å²) in [5.74, 6) is 0. The summed E-state index contributed by atoms with van der Waals surface area (Å²) >= 11 is 0. The van der Waals surface area contributed by atoms with Crippen LogP contribution in [0.4, 0.5) is 0 Å². The second kappa shape index (κ2) is 8.08. The van der Waals surface area contributed by atoms with Crippen LogP contribution in [0, 0.1) is 0 Å². The Morgan fingerprint density at radius 2 is 2.40 bits per heavy atom. The van der Waals surface area contributed by atoms with Crippen molar-refractivity contribution in [3.05, 3.63) is 0 Å². The quantitative estimate of drug-likeness (QED) is 0.674. The van der Waals surface area contributed by atoms with Gasteiger partial charge in [-0.05, 0) is 26.3 Å². The fraction of sp³-hybridized carbons (Fsp3) is 1.00. The third kappa shape index (κ3) is 6.13. The van der Waals surface area contributed by atoms with E-state index in [0.29, 0.717) is 12.1 Å². The van der Waals surface area contributed by atoms with Gasteiger partial charge < -0.3 is 15.4 Å². The SMILES string of the molecule is CCCCC(C)NCCC1CNCCO1. The van der Waals surface area contributed by atoms with Crippen LogP contribution in [-0.4, -0.2) is 38.4 Å². The maximum Gasteiger partial charge on any atom is 0.0712 e. The number of hydrogen-bond acceptors (Lipinski definition) is 3. The van der Waals surface area contributed by atoms with Gasteiger partial charge in [0, 0.05) is 19.1 Å². The minimum Gasteiger partial charge on any atom is -0.376 e. The zero-order valence-corrected chi connectivity index (χ0v) is 10.2. The highest BCUT2D eigenvalue weighted by Crippen LogP contribution is 2.02. The van der Waals surface area contributed by atoms with E-state index in [2.05, 4.69) is 24.5 Å². The Kier molecular flexibility index (Phi) is 6.98. The van der Waals surface area contributed by atoms with Crippen LogP contribution in [-0.2, 0) is 4.74 Å². The molecule has 0 aromatic carbocycles. The minimum absolute atomic E-state index is 0.421. The van der Waals surface area contributed by atoms with Crippen molar-refractivity contribution in [1.29, 1.82) is 0 Å². The Hall–Kier alpha value is -0.120. The van der Waals surface area contributed by atoms with Gasteiger partial charge in [-0.25, -0.2) is 0 Å². The number of morpholine rings is 1. The zero-order chi connectivity index (χ0) is 10.9. The maximum atomic E-state index is 5.64. The largest absolute Gasteiger partial charge is 0.376 e. The molecule has 15 heavy (non-hydrogen) atoms. The van der Waals surface area contributed by atoms with Gasteiger partial charge in [0.2, 0.25) is 0 Å². The lowest BCUT2D eigenvalue weighted by Gasteiger charge is -2.24. The molecule has 0 spiro atoms. The van der Waals surface area contributed by atoms with Gasteiger partial charge in [-0.15, -0.1) is 0 Å². The highest BCUT2D eigenvalue weighted by atomic mass is 16.5. The predicted molar refractivity (Wildman–Crippen MR) is 64.2 cm³/mol. The molecule has 1 aliphatic rings. The summed E-state index contributed by atoms with van der Waals surface area (Å²) in [5, 5.41) is 6.91. The number of nitrogens with one attached hydrogen (secondary N) is 2. The average molecular weight is 214 g/mol. The molecule has 1 fully saturated rings. The summed E-state index contributed by atoms with van der Waals surface area (Å²) in [6.07, 6.45) is 5.46. The van der Waals surface area contributed by atoms with Crippen molar-refractivity contribution in [2.75, 3.05) is 26.2 Å². The molecule has 0 aliphatic carbocycles. The molecule has 0 bridgehead atoms. The Balaban J connectivity index is 1.94. The molecule has 3 heteroatoms. The van der Waals surface area contributed by atoms with E-state index in [1.807, 2.05) is 0 Å². The highest BCUT2D eigenvalue weighted by Gasteiger charge is 2.12. The number of unbranched alkanes of at least 4 members (excludes halogenated alkanes) is 1. The van der Waals surface area contributed by atoms with Crippen LogP contribution in [0.5, 0.6) is 0 Å². The molecule has 2 N–H and O–H groups in total. The lowest BCUT2D eigenvalue weighted by molar-refractivity contribution is 0.0235. The van der Waals surface area contributed by atoms with E-state index in [1.165, 1.54) is 19.3 Å². The van der Waals surface area contributed by atoms with Crippen molar-refractivity contribution < 1.29 is 4.74 Å². The van der Waals surface area contributed by atoms with Crippen LogP contribution in [0.3, 0.4) is 0 Å². The van der Waals surface area contributed by atoms with Crippen LogP contribution < -0.4 is 10.6 Å². The molecule has 0 aromatic rings. The van der Waals surface area contributed by atoms with Crippen molar-refractivity contribution in [3.8, 4) is 0 Å². The molecule has 90 valence electrons. The highest BCUT2D eigenvalue weighted by molar-refractivity contribution is 4.69. The van der Waals surface area contributed by atoms with Gasteiger partial charge >= 0.3 is 0 Å². The molecule has 1 rings (SSSR count).